The van der Waals surface area contributed by atoms with E-state index in [-0.39, 0.29) is 11.6 Å². The summed E-state index contributed by atoms with van der Waals surface area (Å²) in [6.07, 6.45) is 3.42. The normalized spacial score (nSPS) is 20.1. The summed E-state index contributed by atoms with van der Waals surface area (Å²) in [7, 11) is 0. The van der Waals surface area contributed by atoms with E-state index in [2.05, 4.69) is 16.3 Å². The van der Waals surface area contributed by atoms with Gasteiger partial charge in [-0.2, -0.15) is 5.26 Å². The summed E-state index contributed by atoms with van der Waals surface area (Å²) in [6.45, 7) is 2.04. The van der Waals surface area contributed by atoms with E-state index in [0.29, 0.717) is 34.9 Å². The monoisotopic (exact) mass is 399 g/mol. The van der Waals surface area contributed by atoms with Crippen molar-refractivity contribution in [2.45, 2.75) is 36.4 Å². The van der Waals surface area contributed by atoms with Gasteiger partial charge in [0.15, 0.2) is 10.1 Å². The van der Waals surface area contributed by atoms with Crippen molar-refractivity contribution in [3.05, 3.63) is 46.8 Å². The Morgan fingerprint density at radius 2 is 2.33 bits per heavy atom. The number of nitriles is 1. The van der Waals surface area contributed by atoms with Crippen LogP contribution in [-0.2, 0) is 4.79 Å². The number of Topliss-reactive ketones (excluding diaryl/α,β-unsaturated/α-hetero) is 1. The molecule has 0 amide bonds. The Bertz CT molecular complexity index is 984. The Labute approximate surface area is 164 Å². The van der Waals surface area contributed by atoms with Crippen LogP contribution in [0.5, 0.6) is 0 Å². The molecule has 2 aromatic rings. The average Bonchev–Trinajstić information content (AvgIpc) is 3.33. The predicted molar refractivity (Wildman–Crippen MR) is 103 cm³/mol. The molecule has 2 N–H and O–H groups in total. The van der Waals surface area contributed by atoms with Crippen LogP contribution in [0.1, 0.15) is 37.9 Å². The van der Waals surface area contributed by atoms with Crippen LogP contribution in [0.4, 0.5) is 5.13 Å². The topological polar surface area (TPSA) is 109 Å². The highest BCUT2D eigenvalue weighted by molar-refractivity contribution is 8.01. The van der Waals surface area contributed by atoms with Gasteiger partial charge in [0.1, 0.15) is 11.6 Å². The van der Waals surface area contributed by atoms with Gasteiger partial charge in [0, 0.05) is 17.7 Å². The minimum Gasteiger partial charge on any atom is -0.468 e. The van der Waals surface area contributed by atoms with Gasteiger partial charge in [-0.05, 0) is 30.7 Å². The zero-order valence-corrected chi connectivity index (χ0v) is 16.3. The third kappa shape index (κ3) is 2.95. The molecule has 2 aliphatic rings. The van der Waals surface area contributed by atoms with Gasteiger partial charge in [-0.25, -0.2) is 0 Å². The van der Waals surface area contributed by atoms with E-state index in [1.807, 2.05) is 6.92 Å². The SMILES string of the molecule is CCSc1nnc(N2C(N)=C(C#N)C(c3ccco3)C3=C2CCCC3=O)s1. The lowest BCUT2D eigenvalue weighted by molar-refractivity contribution is -0.116. The van der Waals surface area contributed by atoms with Gasteiger partial charge in [-0.15, -0.1) is 10.2 Å². The second kappa shape index (κ2) is 7.21. The number of ketones is 1. The van der Waals surface area contributed by atoms with Crippen molar-refractivity contribution in [1.82, 2.24) is 10.2 Å². The molecule has 3 heterocycles. The van der Waals surface area contributed by atoms with Crippen molar-refractivity contribution in [2.24, 2.45) is 5.73 Å². The molecule has 27 heavy (non-hydrogen) atoms. The van der Waals surface area contributed by atoms with Crippen molar-refractivity contribution in [3.8, 4) is 6.07 Å². The molecule has 0 spiro atoms. The Balaban J connectivity index is 1.90. The summed E-state index contributed by atoms with van der Waals surface area (Å²) in [5.41, 5.74) is 8.11. The number of allylic oxidation sites excluding steroid dienone is 3. The first-order valence-corrected chi connectivity index (χ1v) is 10.4. The first-order chi connectivity index (χ1) is 13.2. The molecule has 1 aliphatic heterocycles. The van der Waals surface area contributed by atoms with E-state index in [1.165, 1.54) is 11.3 Å². The fourth-order valence-corrected chi connectivity index (χ4v) is 5.30. The summed E-state index contributed by atoms with van der Waals surface area (Å²) in [5, 5.41) is 18.9. The smallest absolute Gasteiger partial charge is 0.219 e. The Kier molecular flexibility index (Phi) is 4.76. The zero-order valence-electron chi connectivity index (χ0n) is 14.6. The van der Waals surface area contributed by atoms with E-state index < -0.39 is 5.92 Å². The minimum atomic E-state index is -0.568. The molecule has 0 saturated heterocycles. The molecule has 0 fully saturated rings. The van der Waals surface area contributed by atoms with Gasteiger partial charge in [0.2, 0.25) is 5.13 Å². The third-order valence-electron chi connectivity index (χ3n) is 4.60. The first-order valence-electron chi connectivity index (χ1n) is 8.61. The molecule has 1 aliphatic carbocycles. The molecule has 7 nitrogen and oxygen atoms in total. The van der Waals surface area contributed by atoms with E-state index in [1.54, 1.807) is 35.1 Å². The molecule has 9 heteroatoms. The summed E-state index contributed by atoms with van der Waals surface area (Å²) in [6, 6.07) is 5.72. The molecule has 2 aromatic heterocycles. The Morgan fingerprint density at radius 1 is 1.48 bits per heavy atom. The number of rotatable bonds is 4. The highest BCUT2D eigenvalue weighted by Crippen LogP contribution is 2.47. The highest BCUT2D eigenvalue weighted by atomic mass is 32.2. The number of hydrogen-bond donors (Lipinski definition) is 1. The number of nitrogens with two attached hydrogens (primary N) is 1. The molecule has 138 valence electrons. The van der Waals surface area contributed by atoms with Crippen molar-refractivity contribution in [1.29, 1.82) is 5.26 Å². The molecule has 1 unspecified atom stereocenters. The number of carbonyl (C=O) groups excluding carboxylic acids is 1. The van der Waals surface area contributed by atoms with Crippen LogP contribution < -0.4 is 10.6 Å². The molecular weight excluding hydrogens is 382 g/mol. The number of furan rings is 1. The van der Waals surface area contributed by atoms with Crippen LogP contribution >= 0.6 is 23.1 Å². The van der Waals surface area contributed by atoms with Crippen molar-refractivity contribution in [3.63, 3.8) is 0 Å². The highest BCUT2D eigenvalue weighted by Gasteiger charge is 2.42. The Morgan fingerprint density at radius 3 is 3.04 bits per heavy atom. The number of nitrogens with zero attached hydrogens (tertiary/aromatic N) is 4. The molecule has 0 radical (unpaired) electrons. The van der Waals surface area contributed by atoms with Gasteiger partial charge < -0.3 is 10.2 Å². The largest absolute Gasteiger partial charge is 0.468 e. The molecular formula is C18H17N5O2S2. The number of carbonyl (C=O) groups is 1. The summed E-state index contributed by atoms with van der Waals surface area (Å²) >= 11 is 3.00. The maximum Gasteiger partial charge on any atom is 0.219 e. The van der Waals surface area contributed by atoms with Gasteiger partial charge in [-0.1, -0.05) is 30.0 Å². The molecule has 0 saturated carbocycles. The van der Waals surface area contributed by atoms with Crippen LogP contribution in [0.15, 0.2) is 49.8 Å². The number of hydrogen-bond acceptors (Lipinski definition) is 9. The van der Waals surface area contributed by atoms with Gasteiger partial charge in [0.05, 0.1) is 23.8 Å². The minimum absolute atomic E-state index is 0.0237. The van der Waals surface area contributed by atoms with Crippen LogP contribution in [0.2, 0.25) is 0 Å². The van der Waals surface area contributed by atoms with E-state index >= 15 is 0 Å². The Hall–Kier alpha value is -2.57. The van der Waals surface area contributed by atoms with E-state index in [4.69, 9.17) is 10.2 Å². The summed E-state index contributed by atoms with van der Waals surface area (Å²) < 4.78 is 6.38. The lowest BCUT2D eigenvalue weighted by Gasteiger charge is -2.37. The molecule has 0 bridgehead atoms. The lowest BCUT2D eigenvalue weighted by atomic mass is 9.78. The van der Waals surface area contributed by atoms with Crippen molar-refractivity contribution >= 4 is 34.0 Å². The van der Waals surface area contributed by atoms with Crippen LogP contribution in [-0.4, -0.2) is 21.7 Å². The first kappa shape index (κ1) is 17.8. The quantitative estimate of drug-likeness (QED) is 0.778. The second-order valence-electron chi connectivity index (χ2n) is 6.12. The van der Waals surface area contributed by atoms with Crippen LogP contribution in [0.3, 0.4) is 0 Å². The van der Waals surface area contributed by atoms with Gasteiger partial charge in [0.25, 0.3) is 0 Å². The van der Waals surface area contributed by atoms with Crippen molar-refractivity contribution < 1.29 is 9.21 Å². The molecule has 0 aromatic carbocycles. The number of anilines is 1. The van der Waals surface area contributed by atoms with E-state index in [0.717, 1.165) is 22.2 Å². The van der Waals surface area contributed by atoms with Gasteiger partial charge in [-0.3, -0.25) is 9.69 Å². The molecule has 4 rings (SSSR count). The standard InChI is InChI=1S/C18H17N5O2S2/c1-2-26-18-22-21-17(27-18)23-11-5-3-6-12(24)15(11)14(10(9-19)16(23)20)13-7-4-8-25-13/h4,7-8,14H,2-3,5-6,20H2,1H3. The molecule has 1 atom stereocenters. The summed E-state index contributed by atoms with van der Waals surface area (Å²) in [4.78, 5) is 14.6. The van der Waals surface area contributed by atoms with E-state index in [9.17, 15) is 10.1 Å². The van der Waals surface area contributed by atoms with Crippen molar-refractivity contribution in [2.75, 3.05) is 10.7 Å². The average molecular weight is 400 g/mol. The van der Waals surface area contributed by atoms with Gasteiger partial charge >= 0.3 is 0 Å². The zero-order chi connectivity index (χ0) is 19.0. The fourth-order valence-electron chi connectivity index (χ4n) is 3.52. The second-order valence-corrected chi connectivity index (χ2v) is 8.58. The number of aromatic nitrogens is 2. The lowest BCUT2D eigenvalue weighted by Crippen LogP contribution is -2.38. The number of thioether (sulfide) groups is 1. The van der Waals surface area contributed by atoms with Crippen LogP contribution in [0, 0.1) is 11.3 Å². The maximum absolute atomic E-state index is 12.9. The summed E-state index contributed by atoms with van der Waals surface area (Å²) in [5.74, 6) is 1.18. The fraction of sp³-hybridized carbons (Fsp3) is 0.333. The third-order valence-corrected chi connectivity index (χ3v) is 6.52. The predicted octanol–water partition coefficient (Wildman–Crippen LogP) is 3.55. The van der Waals surface area contributed by atoms with Crippen LogP contribution in [0.25, 0.3) is 0 Å². The maximum atomic E-state index is 12.9.